The molecule has 1 aliphatic heterocycles. The number of nitrogens with one attached hydrogen (secondary N) is 2. The summed E-state index contributed by atoms with van der Waals surface area (Å²) in [5, 5.41) is 8.22. The summed E-state index contributed by atoms with van der Waals surface area (Å²) in [6, 6.07) is 10.1. The Labute approximate surface area is 177 Å². The number of pyridine rings is 1. The maximum Gasteiger partial charge on any atom is 0.248 e. The normalized spacial score (nSPS) is 18.3. The molecule has 1 fully saturated rings. The number of benzene rings is 1. The summed E-state index contributed by atoms with van der Waals surface area (Å²) in [5.41, 5.74) is 8.56. The molecule has 158 valence electrons. The van der Waals surface area contributed by atoms with Crippen LogP contribution in [0.25, 0.3) is 10.9 Å². The minimum absolute atomic E-state index is 0.0209. The Hall–Kier alpha value is -2.93. The molecule has 0 amide bonds. The van der Waals surface area contributed by atoms with Crippen LogP contribution in [0.15, 0.2) is 36.7 Å². The zero-order valence-corrected chi connectivity index (χ0v) is 18.3. The predicted molar refractivity (Wildman–Crippen MR) is 121 cm³/mol. The molecule has 3 aromatic rings. The zero-order valence-electron chi connectivity index (χ0n) is 18.3. The first-order valence-corrected chi connectivity index (χ1v) is 10.3. The number of fused-ring (bicyclic) bond motifs is 1. The number of aromatic nitrogens is 3. The molecule has 0 unspecified atom stereocenters. The van der Waals surface area contributed by atoms with E-state index >= 15 is 0 Å². The van der Waals surface area contributed by atoms with E-state index in [4.69, 9.17) is 10.5 Å². The van der Waals surface area contributed by atoms with Gasteiger partial charge in [-0.1, -0.05) is 18.2 Å². The Morgan fingerprint density at radius 2 is 1.80 bits per heavy atom. The summed E-state index contributed by atoms with van der Waals surface area (Å²) >= 11 is 0. The van der Waals surface area contributed by atoms with Gasteiger partial charge in [0.1, 0.15) is 17.5 Å². The van der Waals surface area contributed by atoms with Crippen LogP contribution in [0.4, 0.5) is 11.5 Å². The maximum absolute atomic E-state index is 6.41. The van der Waals surface area contributed by atoms with E-state index in [1.54, 1.807) is 0 Å². The number of piperidine rings is 1. The van der Waals surface area contributed by atoms with Gasteiger partial charge in [-0.3, -0.25) is 0 Å². The van der Waals surface area contributed by atoms with Crippen molar-refractivity contribution in [2.75, 3.05) is 11.1 Å². The van der Waals surface area contributed by atoms with E-state index in [-0.39, 0.29) is 17.1 Å². The van der Waals surface area contributed by atoms with Gasteiger partial charge in [0.15, 0.2) is 11.6 Å². The molecule has 4 rings (SSSR count). The van der Waals surface area contributed by atoms with Crippen molar-refractivity contribution < 1.29 is 4.74 Å². The first-order valence-electron chi connectivity index (χ1n) is 10.3. The third kappa shape index (κ3) is 4.31. The SMILES string of the molecule is Cc1ccc2cccc(Oc3ncnc(NC4CC(C)(C)NC(C)(C)C4)c3N)c2n1. The van der Waals surface area contributed by atoms with Crippen molar-refractivity contribution in [2.24, 2.45) is 0 Å². The zero-order chi connectivity index (χ0) is 21.5. The van der Waals surface area contributed by atoms with Gasteiger partial charge in [0, 0.05) is 28.2 Å². The van der Waals surface area contributed by atoms with Gasteiger partial charge >= 0.3 is 0 Å². The van der Waals surface area contributed by atoms with Gasteiger partial charge in [-0.15, -0.1) is 0 Å². The average Bonchev–Trinajstić information content (AvgIpc) is 2.63. The molecule has 1 saturated heterocycles. The average molecular weight is 407 g/mol. The van der Waals surface area contributed by atoms with E-state index in [9.17, 15) is 0 Å². The fourth-order valence-electron chi connectivity index (χ4n) is 4.60. The number of nitrogen functional groups attached to an aromatic ring is 1. The first kappa shape index (κ1) is 20.3. The van der Waals surface area contributed by atoms with E-state index in [1.807, 2.05) is 37.3 Å². The lowest BCUT2D eigenvalue weighted by Crippen LogP contribution is -2.60. The molecule has 30 heavy (non-hydrogen) atoms. The van der Waals surface area contributed by atoms with Crippen LogP contribution in [0, 0.1) is 6.92 Å². The minimum Gasteiger partial charge on any atom is -0.435 e. The third-order valence-electron chi connectivity index (χ3n) is 5.41. The van der Waals surface area contributed by atoms with Crippen LogP contribution in [0.2, 0.25) is 0 Å². The predicted octanol–water partition coefficient (Wildman–Crippen LogP) is 4.43. The number of aryl methyl sites for hydroxylation is 1. The Balaban J connectivity index is 1.61. The molecular weight excluding hydrogens is 376 g/mol. The molecule has 0 aliphatic carbocycles. The van der Waals surface area contributed by atoms with Gasteiger partial charge in [-0.05, 0) is 59.6 Å². The Bertz CT molecular complexity index is 1060. The van der Waals surface area contributed by atoms with Gasteiger partial charge in [-0.25, -0.2) is 9.97 Å². The molecule has 2 aromatic heterocycles. The second-order valence-corrected chi connectivity index (χ2v) is 9.47. The smallest absolute Gasteiger partial charge is 0.248 e. The van der Waals surface area contributed by atoms with E-state index in [2.05, 4.69) is 53.3 Å². The second kappa shape index (κ2) is 7.40. The van der Waals surface area contributed by atoms with Crippen molar-refractivity contribution in [3.05, 3.63) is 42.4 Å². The van der Waals surface area contributed by atoms with Crippen LogP contribution in [0.1, 0.15) is 46.2 Å². The highest BCUT2D eigenvalue weighted by atomic mass is 16.5. The highest BCUT2D eigenvalue weighted by Gasteiger charge is 2.38. The molecule has 3 heterocycles. The summed E-state index contributed by atoms with van der Waals surface area (Å²) in [5.74, 6) is 1.55. The molecule has 1 aliphatic rings. The summed E-state index contributed by atoms with van der Waals surface area (Å²) < 4.78 is 6.10. The fourth-order valence-corrected chi connectivity index (χ4v) is 4.60. The number of hydrogen-bond acceptors (Lipinski definition) is 7. The lowest BCUT2D eigenvalue weighted by Gasteiger charge is -2.46. The maximum atomic E-state index is 6.41. The second-order valence-electron chi connectivity index (χ2n) is 9.47. The number of anilines is 2. The van der Waals surface area contributed by atoms with Crippen molar-refractivity contribution in [3.8, 4) is 11.6 Å². The van der Waals surface area contributed by atoms with E-state index in [0.29, 0.717) is 23.1 Å². The van der Waals surface area contributed by atoms with Gasteiger partial charge in [0.2, 0.25) is 5.88 Å². The lowest BCUT2D eigenvalue weighted by molar-refractivity contribution is 0.170. The molecule has 1 aromatic carbocycles. The van der Waals surface area contributed by atoms with Crippen molar-refractivity contribution >= 4 is 22.4 Å². The molecule has 0 bridgehead atoms. The summed E-state index contributed by atoms with van der Waals surface area (Å²) in [6.07, 6.45) is 3.40. The summed E-state index contributed by atoms with van der Waals surface area (Å²) in [6.45, 7) is 10.8. The summed E-state index contributed by atoms with van der Waals surface area (Å²) in [4.78, 5) is 13.3. The van der Waals surface area contributed by atoms with E-state index < -0.39 is 0 Å². The third-order valence-corrected chi connectivity index (χ3v) is 5.41. The van der Waals surface area contributed by atoms with E-state index in [1.165, 1.54) is 6.33 Å². The van der Waals surface area contributed by atoms with E-state index in [0.717, 1.165) is 29.4 Å². The van der Waals surface area contributed by atoms with Crippen molar-refractivity contribution in [3.63, 3.8) is 0 Å². The van der Waals surface area contributed by atoms with Crippen LogP contribution in [-0.2, 0) is 0 Å². The molecule has 7 heteroatoms. The molecule has 7 nitrogen and oxygen atoms in total. The number of nitrogens with zero attached hydrogens (tertiary/aromatic N) is 3. The minimum atomic E-state index is 0.0209. The summed E-state index contributed by atoms with van der Waals surface area (Å²) in [7, 11) is 0. The van der Waals surface area contributed by atoms with Gasteiger partial charge in [0.25, 0.3) is 0 Å². The number of hydrogen-bond donors (Lipinski definition) is 3. The van der Waals surface area contributed by atoms with Crippen LogP contribution in [-0.4, -0.2) is 32.1 Å². The monoisotopic (exact) mass is 406 g/mol. The standard InChI is InChI=1S/C23H30N6O/c1-14-9-10-15-7-6-8-17(19(15)27-14)30-21-18(24)20(25-13-26-21)28-16-11-22(2,3)29-23(4,5)12-16/h6-10,13,16,29H,11-12,24H2,1-5H3,(H,25,26,28). The Morgan fingerprint density at radius 3 is 2.53 bits per heavy atom. The van der Waals surface area contributed by atoms with Crippen molar-refractivity contribution in [1.29, 1.82) is 0 Å². The van der Waals surface area contributed by atoms with Gasteiger partial charge in [0.05, 0.1) is 0 Å². The fraction of sp³-hybridized carbons (Fsp3) is 0.435. The highest BCUT2D eigenvalue weighted by molar-refractivity contribution is 5.85. The molecule has 0 radical (unpaired) electrons. The molecule has 4 N–H and O–H groups in total. The Kier molecular flexibility index (Phi) is 5.02. The van der Waals surface area contributed by atoms with Gasteiger partial charge < -0.3 is 21.1 Å². The number of rotatable bonds is 4. The van der Waals surface area contributed by atoms with Crippen molar-refractivity contribution in [1.82, 2.24) is 20.3 Å². The molecular formula is C23H30N6O. The molecule has 0 saturated carbocycles. The largest absolute Gasteiger partial charge is 0.435 e. The number of nitrogens with two attached hydrogens (primary N) is 1. The quantitative estimate of drug-likeness (QED) is 0.589. The van der Waals surface area contributed by atoms with Crippen LogP contribution in [0.3, 0.4) is 0 Å². The first-order chi connectivity index (χ1) is 14.1. The number of ether oxygens (including phenoxy) is 1. The Morgan fingerprint density at radius 1 is 1.07 bits per heavy atom. The van der Waals surface area contributed by atoms with Gasteiger partial charge in [-0.2, -0.15) is 4.98 Å². The lowest BCUT2D eigenvalue weighted by atomic mass is 9.79. The van der Waals surface area contributed by atoms with Crippen LogP contribution < -0.4 is 21.1 Å². The molecule has 0 spiro atoms. The van der Waals surface area contributed by atoms with Crippen LogP contribution >= 0.6 is 0 Å². The van der Waals surface area contributed by atoms with Crippen molar-refractivity contribution in [2.45, 2.75) is 64.6 Å². The van der Waals surface area contributed by atoms with Crippen LogP contribution in [0.5, 0.6) is 11.6 Å². The number of para-hydroxylation sites is 1. The highest BCUT2D eigenvalue weighted by Crippen LogP contribution is 2.35. The topological polar surface area (TPSA) is 98.0 Å². The molecule has 0 atom stereocenters.